The summed E-state index contributed by atoms with van der Waals surface area (Å²) >= 11 is 0. The molecule has 7 heteroatoms. The van der Waals surface area contributed by atoms with Crippen LogP contribution >= 0.6 is 0 Å². The zero-order valence-electron chi connectivity index (χ0n) is 12.1. The Bertz CT molecular complexity index is 610. The lowest BCUT2D eigenvalue weighted by Crippen LogP contribution is -2.55. The van der Waals surface area contributed by atoms with Crippen LogP contribution in [-0.4, -0.2) is 53.8 Å². The number of hydrogen-bond acceptors (Lipinski definition) is 5. The zero-order chi connectivity index (χ0) is 16.1. The molecule has 1 amide bonds. The third-order valence-corrected chi connectivity index (χ3v) is 3.32. The van der Waals surface area contributed by atoms with E-state index in [1.165, 1.54) is 11.0 Å². The lowest BCUT2D eigenvalue weighted by Gasteiger charge is -2.34. The summed E-state index contributed by atoms with van der Waals surface area (Å²) in [7, 11) is 0. The Morgan fingerprint density at radius 2 is 2.32 bits per heavy atom. The molecule has 2 atom stereocenters. The number of morpholine rings is 1. The number of rotatable bonds is 4. The first-order valence-corrected chi connectivity index (χ1v) is 6.80. The van der Waals surface area contributed by atoms with E-state index in [0.29, 0.717) is 17.9 Å². The van der Waals surface area contributed by atoms with E-state index in [2.05, 4.69) is 0 Å². The summed E-state index contributed by atoms with van der Waals surface area (Å²) in [6.07, 6.45) is -0.853. The molecule has 1 aromatic rings. The summed E-state index contributed by atoms with van der Waals surface area (Å²) in [5, 5.41) is 18.0. The number of hydrogen-bond donors (Lipinski definition) is 1. The highest BCUT2D eigenvalue weighted by Gasteiger charge is 2.35. The predicted molar refractivity (Wildman–Crippen MR) is 75.2 cm³/mol. The molecule has 1 N–H and O–H groups in total. The summed E-state index contributed by atoms with van der Waals surface area (Å²) in [6.45, 7) is 2.03. The second-order valence-electron chi connectivity index (χ2n) is 4.86. The minimum absolute atomic E-state index is 0.0300. The molecule has 1 aliphatic rings. The SMILES string of the molecule is CC(Oc1cccc(C#N)c1)C(=O)N1CCOCC1C(=O)O. The van der Waals surface area contributed by atoms with E-state index in [1.54, 1.807) is 25.1 Å². The maximum absolute atomic E-state index is 12.4. The van der Waals surface area contributed by atoms with Gasteiger partial charge in [-0.05, 0) is 25.1 Å². The highest BCUT2D eigenvalue weighted by Crippen LogP contribution is 2.17. The van der Waals surface area contributed by atoms with Crippen molar-refractivity contribution in [2.45, 2.75) is 19.1 Å². The fourth-order valence-electron chi connectivity index (χ4n) is 2.20. The van der Waals surface area contributed by atoms with Gasteiger partial charge in [0.2, 0.25) is 0 Å². The molecule has 2 rings (SSSR count). The van der Waals surface area contributed by atoms with E-state index in [-0.39, 0.29) is 13.2 Å². The first-order chi connectivity index (χ1) is 10.5. The normalized spacial score (nSPS) is 19.1. The number of ether oxygens (including phenoxy) is 2. The van der Waals surface area contributed by atoms with Crippen LogP contribution in [0.5, 0.6) is 5.75 Å². The van der Waals surface area contributed by atoms with E-state index >= 15 is 0 Å². The van der Waals surface area contributed by atoms with E-state index in [0.717, 1.165) is 0 Å². The molecular weight excluding hydrogens is 288 g/mol. The van der Waals surface area contributed by atoms with Gasteiger partial charge in [-0.3, -0.25) is 4.79 Å². The summed E-state index contributed by atoms with van der Waals surface area (Å²) < 4.78 is 10.6. The molecule has 1 heterocycles. The Balaban J connectivity index is 2.07. The van der Waals surface area contributed by atoms with Gasteiger partial charge in [0.25, 0.3) is 5.91 Å². The molecule has 116 valence electrons. The summed E-state index contributed by atoms with van der Waals surface area (Å²) in [4.78, 5) is 24.8. The van der Waals surface area contributed by atoms with Crippen molar-refractivity contribution in [2.24, 2.45) is 0 Å². The van der Waals surface area contributed by atoms with Crippen molar-refractivity contribution < 1.29 is 24.2 Å². The second-order valence-corrected chi connectivity index (χ2v) is 4.86. The highest BCUT2D eigenvalue weighted by atomic mass is 16.5. The van der Waals surface area contributed by atoms with Crippen LogP contribution in [-0.2, 0) is 14.3 Å². The number of carboxylic acid groups (broad SMARTS) is 1. The van der Waals surface area contributed by atoms with E-state index in [4.69, 9.17) is 19.8 Å². The molecule has 0 aromatic heterocycles. The molecule has 1 aliphatic heterocycles. The Kier molecular flexibility index (Phi) is 4.96. The van der Waals surface area contributed by atoms with Gasteiger partial charge in [0.1, 0.15) is 5.75 Å². The number of carbonyl (C=O) groups is 2. The topological polar surface area (TPSA) is 99.9 Å². The van der Waals surface area contributed by atoms with E-state index in [1.807, 2.05) is 6.07 Å². The Morgan fingerprint density at radius 1 is 1.55 bits per heavy atom. The molecule has 7 nitrogen and oxygen atoms in total. The summed E-state index contributed by atoms with van der Waals surface area (Å²) in [5.74, 6) is -1.13. The molecule has 1 aromatic carbocycles. The second kappa shape index (κ2) is 6.91. The average Bonchev–Trinajstić information content (AvgIpc) is 2.54. The fourth-order valence-corrected chi connectivity index (χ4v) is 2.20. The minimum atomic E-state index is -1.10. The Labute approximate surface area is 127 Å². The van der Waals surface area contributed by atoms with E-state index < -0.39 is 24.0 Å². The first kappa shape index (κ1) is 15.8. The smallest absolute Gasteiger partial charge is 0.328 e. The molecular formula is C15H16N2O5. The molecule has 22 heavy (non-hydrogen) atoms. The maximum Gasteiger partial charge on any atom is 0.328 e. The number of amides is 1. The Morgan fingerprint density at radius 3 is 3.00 bits per heavy atom. The molecule has 2 unspecified atom stereocenters. The molecule has 1 fully saturated rings. The molecule has 0 radical (unpaired) electrons. The lowest BCUT2D eigenvalue weighted by atomic mass is 10.2. The number of aliphatic carboxylic acids is 1. The van der Waals surface area contributed by atoms with Crippen LogP contribution in [0.15, 0.2) is 24.3 Å². The van der Waals surface area contributed by atoms with Crippen LogP contribution in [0.25, 0.3) is 0 Å². The van der Waals surface area contributed by atoms with Crippen LogP contribution in [0.3, 0.4) is 0 Å². The third kappa shape index (κ3) is 3.54. The van der Waals surface area contributed by atoms with Gasteiger partial charge in [-0.15, -0.1) is 0 Å². The van der Waals surface area contributed by atoms with Crippen LogP contribution in [0.2, 0.25) is 0 Å². The summed E-state index contributed by atoms with van der Waals surface area (Å²) in [5.41, 5.74) is 0.423. The molecule has 0 saturated carbocycles. The monoisotopic (exact) mass is 304 g/mol. The van der Waals surface area contributed by atoms with Gasteiger partial charge in [-0.25, -0.2) is 4.79 Å². The number of nitriles is 1. The number of benzene rings is 1. The number of carboxylic acids is 1. The highest BCUT2D eigenvalue weighted by molar-refractivity contribution is 5.86. The number of nitrogens with zero attached hydrogens (tertiary/aromatic N) is 2. The largest absolute Gasteiger partial charge is 0.481 e. The van der Waals surface area contributed by atoms with Crippen molar-refractivity contribution in [3.8, 4) is 11.8 Å². The van der Waals surface area contributed by atoms with Gasteiger partial charge < -0.3 is 19.5 Å². The van der Waals surface area contributed by atoms with Gasteiger partial charge in [-0.2, -0.15) is 5.26 Å². The number of carbonyl (C=O) groups excluding carboxylic acids is 1. The average molecular weight is 304 g/mol. The van der Waals surface area contributed by atoms with Crippen molar-refractivity contribution in [3.05, 3.63) is 29.8 Å². The van der Waals surface area contributed by atoms with Crippen LogP contribution in [0.4, 0.5) is 0 Å². The van der Waals surface area contributed by atoms with Crippen molar-refractivity contribution in [1.82, 2.24) is 4.90 Å². The standard InChI is InChI=1S/C15H16N2O5/c1-10(22-12-4-2-3-11(7-12)8-16)14(18)17-5-6-21-9-13(17)15(19)20/h2-4,7,10,13H,5-6,9H2,1H3,(H,19,20). The molecule has 0 aliphatic carbocycles. The maximum atomic E-state index is 12.4. The van der Waals surface area contributed by atoms with Gasteiger partial charge in [0.15, 0.2) is 12.1 Å². The third-order valence-electron chi connectivity index (χ3n) is 3.32. The van der Waals surface area contributed by atoms with Gasteiger partial charge in [-0.1, -0.05) is 6.07 Å². The van der Waals surface area contributed by atoms with Crippen LogP contribution in [0.1, 0.15) is 12.5 Å². The van der Waals surface area contributed by atoms with Gasteiger partial charge in [0, 0.05) is 6.54 Å². The first-order valence-electron chi connectivity index (χ1n) is 6.80. The summed E-state index contributed by atoms with van der Waals surface area (Å²) in [6, 6.07) is 7.43. The van der Waals surface area contributed by atoms with Gasteiger partial charge in [0.05, 0.1) is 24.8 Å². The van der Waals surface area contributed by atoms with Crippen molar-refractivity contribution in [1.29, 1.82) is 5.26 Å². The Hall–Kier alpha value is -2.59. The van der Waals surface area contributed by atoms with Crippen molar-refractivity contribution in [3.63, 3.8) is 0 Å². The zero-order valence-corrected chi connectivity index (χ0v) is 12.1. The molecule has 0 bridgehead atoms. The lowest BCUT2D eigenvalue weighted by molar-refractivity contribution is -0.161. The quantitative estimate of drug-likeness (QED) is 0.876. The van der Waals surface area contributed by atoms with E-state index in [9.17, 15) is 9.59 Å². The van der Waals surface area contributed by atoms with Crippen LogP contribution < -0.4 is 4.74 Å². The predicted octanol–water partition coefficient (Wildman–Crippen LogP) is 0.638. The van der Waals surface area contributed by atoms with Crippen molar-refractivity contribution in [2.75, 3.05) is 19.8 Å². The van der Waals surface area contributed by atoms with Crippen molar-refractivity contribution >= 4 is 11.9 Å². The molecule has 1 saturated heterocycles. The van der Waals surface area contributed by atoms with Gasteiger partial charge >= 0.3 is 5.97 Å². The fraction of sp³-hybridized carbons (Fsp3) is 0.400. The van der Waals surface area contributed by atoms with Crippen LogP contribution in [0, 0.1) is 11.3 Å². The molecule has 0 spiro atoms. The minimum Gasteiger partial charge on any atom is -0.481 e.